The zero-order valence-electron chi connectivity index (χ0n) is 11.1. The highest BCUT2D eigenvalue weighted by Crippen LogP contribution is 2.57. The summed E-state index contributed by atoms with van der Waals surface area (Å²) in [5, 5.41) is 3.50. The van der Waals surface area contributed by atoms with E-state index in [9.17, 15) is 0 Å². The maximum absolute atomic E-state index is 3.50. The van der Waals surface area contributed by atoms with Gasteiger partial charge in [0, 0.05) is 6.04 Å². The van der Waals surface area contributed by atoms with Crippen molar-refractivity contribution in [2.75, 3.05) is 7.05 Å². The summed E-state index contributed by atoms with van der Waals surface area (Å²) >= 11 is 0. The first-order valence-corrected chi connectivity index (χ1v) is 6.21. The molecule has 1 fully saturated rings. The van der Waals surface area contributed by atoms with Gasteiger partial charge in [-0.2, -0.15) is 0 Å². The number of rotatable bonds is 3. The Hall–Kier alpha value is -0.820. The van der Waals surface area contributed by atoms with Crippen molar-refractivity contribution < 1.29 is 0 Å². The normalized spacial score (nSPS) is 24.2. The molecule has 0 aliphatic heterocycles. The molecule has 2 unspecified atom stereocenters. The van der Waals surface area contributed by atoms with Crippen molar-refractivity contribution in [1.82, 2.24) is 5.32 Å². The quantitative estimate of drug-likeness (QED) is 0.815. The predicted octanol–water partition coefficient (Wildman–Crippen LogP) is 3.61. The predicted molar refractivity (Wildman–Crippen MR) is 69.6 cm³/mol. The first-order chi connectivity index (χ1) is 7.47. The van der Waals surface area contributed by atoms with E-state index in [-0.39, 0.29) is 0 Å². The van der Waals surface area contributed by atoms with Crippen LogP contribution in [-0.2, 0) is 0 Å². The van der Waals surface area contributed by atoms with Crippen molar-refractivity contribution in [2.45, 2.75) is 40.2 Å². The summed E-state index contributed by atoms with van der Waals surface area (Å²) < 4.78 is 0. The van der Waals surface area contributed by atoms with Gasteiger partial charge in [0.1, 0.15) is 0 Å². The van der Waals surface area contributed by atoms with Gasteiger partial charge in [-0.1, -0.05) is 32.0 Å². The molecule has 88 valence electrons. The van der Waals surface area contributed by atoms with E-state index in [1.165, 1.54) is 23.1 Å². The minimum absolute atomic E-state index is 0.518. The van der Waals surface area contributed by atoms with Gasteiger partial charge < -0.3 is 5.32 Å². The molecule has 1 nitrogen and oxygen atoms in total. The lowest BCUT2D eigenvalue weighted by molar-refractivity contribution is 0.439. The molecule has 2 rings (SSSR count). The third-order valence-electron chi connectivity index (χ3n) is 4.28. The summed E-state index contributed by atoms with van der Waals surface area (Å²) in [6.07, 6.45) is 1.34. The van der Waals surface area contributed by atoms with Crippen LogP contribution >= 0.6 is 0 Å². The Labute approximate surface area is 99.3 Å². The largest absolute Gasteiger partial charge is 0.313 e. The average molecular weight is 217 g/mol. The summed E-state index contributed by atoms with van der Waals surface area (Å²) in [5.41, 5.74) is 4.85. The third kappa shape index (κ3) is 1.89. The van der Waals surface area contributed by atoms with Gasteiger partial charge in [-0.05, 0) is 55.3 Å². The van der Waals surface area contributed by atoms with Crippen LogP contribution in [0.1, 0.15) is 43.0 Å². The molecule has 0 heterocycles. The number of nitrogens with one attached hydrogen (secondary N) is 1. The van der Waals surface area contributed by atoms with E-state index in [0.717, 1.165) is 5.92 Å². The van der Waals surface area contributed by atoms with Crippen LogP contribution < -0.4 is 5.32 Å². The number of hydrogen-bond donors (Lipinski definition) is 1. The first-order valence-electron chi connectivity index (χ1n) is 6.21. The standard InChI is InChI=1S/C15H23N/c1-10-7-6-8-12(11(10)2)14(16-5)13-9-15(13,3)4/h6-8,13-14,16H,9H2,1-5H3. The molecule has 1 N–H and O–H groups in total. The smallest absolute Gasteiger partial charge is 0.0354 e. The van der Waals surface area contributed by atoms with Crippen LogP contribution in [0.25, 0.3) is 0 Å². The molecule has 0 bridgehead atoms. The molecule has 0 spiro atoms. The Morgan fingerprint density at radius 2 is 1.94 bits per heavy atom. The summed E-state index contributed by atoms with van der Waals surface area (Å²) in [5.74, 6) is 0.790. The lowest BCUT2D eigenvalue weighted by Crippen LogP contribution is -2.21. The van der Waals surface area contributed by atoms with Crippen molar-refractivity contribution in [1.29, 1.82) is 0 Å². The van der Waals surface area contributed by atoms with Crippen LogP contribution in [0.4, 0.5) is 0 Å². The minimum Gasteiger partial charge on any atom is -0.313 e. The molecule has 0 radical (unpaired) electrons. The second kappa shape index (κ2) is 3.89. The zero-order valence-corrected chi connectivity index (χ0v) is 11.1. The lowest BCUT2D eigenvalue weighted by atomic mass is 9.92. The summed E-state index contributed by atoms with van der Waals surface area (Å²) in [6.45, 7) is 9.17. The molecule has 0 saturated heterocycles. The first kappa shape index (κ1) is 11.7. The van der Waals surface area contributed by atoms with Crippen LogP contribution in [0.15, 0.2) is 18.2 Å². The number of aryl methyl sites for hydroxylation is 1. The van der Waals surface area contributed by atoms with Gasteiger partial charge in [0.05, 0.1) is 0 Å². The molecule has 1 aliphatic carbocycles. The fourth-order valence-electron chi connectivity index (χ4n) is 2.76. The summed E-state index contributed by atoms with van der Waals surface area (Å²) in [6, 6.07) is 7.17. The molecular formula is C15H23N. The average Bonchev–Trinajstić information content (AvgIpc) is 2.83. The van der Waals surface area contributed by atoms with Crippen molar-refractivity contribution in [3.8, 4) is 0 Å². The van der Waals surface area contributed by atoms with Gasteiger partial charge in [0.25, 0.3) is 0 Å². The van der Waals surface area contributed by atoms with Gasteiger partial charge >= 0.3 is 0 Å². The fraction of sp³-hybridized carbons (Fsp3) is 0.600. The van der Waals surface area contributed by atoms with Crippen molar-refractivity contribution in [3.63, 3.8) is 0 Å². The van der Waals surface area contributed by atoms with Gasteiger partial charge in [0.15, 0.2) is 0 Å². The second-order valence-corrected chi connectivity index (χ2v) is 5.85. The monoisotopic (exact) mass is 217 g/mol. The third-order valence-corrected chi connectivity index (χ3v) is 4.28. The topological polar surface area (TPSA) is 12.0 Å². The minimum atomic E-state index is 0.518. The van der Waals surface area contributed by atoms with Crippen LogP contribution in [0.3, 0.4) is 0 Å². The molecule has 1 aliphatic rings. The van der Waals surface area contributed by atoms with Gasteiger partial charge in [-0.25, -0.2) is 0 Å². The lowest BCUT2D eigenvalue weighted by Gasteiger charge is -2.21. The van der Waals surface area contributed by atoms with Crippen LogP contribution in [0.2, 0.25) is 0 Å². The number of benzene rings is 1. The SMILES string of the molecule is CNC(c1cccc(C)c1C)C1CC1(C)C. The molecule has 0 aromatic heterocycles. The summed E-state index contributed by atoms with van der Waals surface area (Å²) in [4.78, 5) is 0. The Morgan fingerprint density at radius 1 is 1.31 bits per heavy atom. The molecular weight excluding hydrogens is 194 g/mol. The van der Waals surface area contributed by atoms with Gasteiger partial charge in [-0.3, -0.25) is 0 Å². The second-order valence-electron chi connectivity index (χ2n) is 5.85. The molecule has 2 atom stereocenters. The summed E-state index contributed by atoms with van der Waals surface area (Å²) in [7, 11) is 2.08. The molecule has 1 saturated carbocycles. The number of hydrogen-bond acceptors (Lipinski definition) is 1. The van der Waals surface area contributed by atoms with Gasteiger partial charge in [0.2, 0.25) is 0 Å². The van der Waals surface area contributed by atoms with E-state index in [2.05, 4.69) is 58.3 Å². The van der Waals surface area contributed by atoms with E-state index in [1.807, 2.05) is 0 Å². The van der Waals surface area contributed by atoms with Crippen molar-refractivity contribution in [3.05, 3.63) is 34.9 Å². The van der Waals surface area contributed by atoms with E-state index in [1.54, 1.807) is 0 Å². The van der Waals surface area contributed by atoms with Crippen molar-refractivity contribution >= 4 is 0 Å². The van der Waals surface area contributed by atoms with Crippen LogP contribution in [0.5, 0.6) is 0 Å². The molecule has 1 aromatic rings. The Kier molecular flexibility index (Phi) is 2.83. The molecule has 1 aromatic carbocycles. The van der Waals surface area contributed by atoms with E-state index in [4.69, 9.17) is 0 Å². The Morgan fingerprint density at radius 3 is 2.44 bits per heavy atom. The zero-order chi connectivity index (χ0) is 11.9. The van der Waals surface area contributed by atoms with E-state index >= 15 is 0 Å². The maximum atomic E-state index is 3.50. The van der Waals surface area contributed by atoms with Crippen LogP contribution in [0, 0.1) is 25.2 Å². The maximum Gasteiger partial charge on any atom is 0.0354 e. The highest BCUT2D eigenvalue weighted by atomic mass is 14.9. The van der Waals surface area contributed by atoms with E-state index < -0.39 is 0 Å². The Balaban J connectivity index is 2.31. The highest BCUT2D eigenvalue weighted by Gasteiger charge is 2.50. The molecule has 16 heavy (non-hydrogen) atoms. The fourth-order valence-corrected chi connectivity index (χ4v) is 2.76. The van der Waals surface area contributed by atoms with E-state index in [0.29, 0.717) is 11.5 Å². The van der Waals surface area contributed by atoms with Crippen molar-refractivity contribution in [2.24, 2.45) is 11.3 Å². The Bertz CT molecular complexity index is 392. The van der Waals surface area contributed by atoms with Crippen LogP contribution in [-0.4, -0.2) is 7.05 Å². The highest BCUT2D eigenvalue weighted by molar-refractivity contribution is 5.36. The van der Waals surface area contributed by atoms with Gasteiger partial charge in [-0.15, -0.1) is 0 Å². The molecule has 0 amide bonds. The molecule has 1 heteroatoms.